The Kier molecular flexibility index (Phi) is 11.0. The number of rotatable bonds is 12. The minimum absolute atomic E-state index is 0.0183. The van der Waals surface area contributed by atoms with Gasteiger partial charge in [0.25, 0.3) is 0 Å². The third kappa shape index (κ3) is 9.38. The van der Waals surface area contributed by atoms with Gasteiger partial charge in [-0.25, -0.2) is 0 Å². The van der Waals surface area contributed by atoms with Crippen molar-refractivity contribution in [3.05, 3.63) is 0 Å². The van der Waals surface area contributed by atoms with Crippen LogP contribution in [0.3, 0.4) is 0 Å². The maximum Gasteiger partial charge on any atom is 0.133 e. The number of ketones is 2. The summed E-state index contributed by atoms with van der Waals surface area (Å²) >= 11 is 0. The van der Waals surface area contributed by atoms with Gasteiger partial charge in [-0.2, -0.15) is 0 Å². The van der Waals surface area contributed by atoms with E-state index in [1.807, 2.05) is 0 Å². The van der Waals surface area contributed by atoms with Crippen molar-refractivity contribution in [2.45, 2.75) is 85.0 Å². The van der Waals surface area contributed by atoms with Gasteiger partial charge in [0.1, 0.15) is 11.6 Å². The van der Waals surface area contributed by atoms with Crippen molar-refractivity contribution < 1.29 is 9.59 Å². The number of hydrogen-bond donors (Lipinski definition) is 0. The van der Waals surface area contributed by atoms with E-state index in [1.165, 1.54) is 12.8 Å². The summed E-state index contributed by atoms with van der Waals surface area (Å²) < 4.78 is 0. The molecule has 1 unspecified atom stereocenters. The molecule has 0 aromatic heterocycles. The van der Waals surface area contributed by atoms with Crippen LogP contribution in [0.15, 0.2) is 0 Å². The Balaban J connectivity index is 3.85. The maximum absolute atomic E-state index is 11.8. The number of unbranched alkanes of at least 4 members (excludes halogenated alkanes) is 5. The Hall–Kier alpha value is -0.660. The van der Waals surface area contributed by atoms with E-state index in [4.69, 9.17) is 0 Å². The predicted octanol–water partition coefficient (Wildman–Crippen LogP) is 4.70. The molecule has 0 amide bonds. The van der Waals surface area contributed by atoms with Crippen molar-refractivity contribution in [1.29, 1.82) is 0 Å². The second-order valence-electron chi connectivity index (χ2n) is 5.36. The van der Waals surface area contributed by atoms with E-state index in [0.717, 1.165) is 38.5 Å². The highest BCUT2D eigenvalue weighted by Crippen LogP contribution is 2.17. The van der Waals surface area contributed by atoms with E-state index in [0.29, 0.717) is 12.8 Å². The van der Waals surface area contributed by atoms with Gasteiger partial charge in [-0.1, -0.05) is 52.4 Å². The molecule has 2 heteroatoms. The molecule has 0 aliphatic rings. The lowest BCUT2D eigenvalue weighted by atomic mass is 9.91. The van der Waals surface area contributed by atoms with Gasteiger partial charge in [0.2, 0.25) is 0 Å². The quantitative estimate of drug-likeness (QED) is 0.473. The minimum atomic E-state index is -0.0183. The molecule has 2 nitrogen and oxygen atoms in total. The fourth-order valence-electron chi connectivity index (χ4n) is 2.22. The van der Waals surface area contributed by atoms with Crippen LogP contribution in [0.2, 0.25) is 0 Å². The first-order chi connectivity index (χ1) is 8.61. The monoisotopic (exact) mass is 254 g/mol. The molecule has 0 fully saturated rings. The zero-order valence-electron chi connectivity index (χ0n) is 12.5. The summed E-state index contributed by atoms with van der Waals surface area (Å²) in [6, 6.07) is 0. The van der Waals surface area contributed by atoms with Crippen LogP contribution in [0.4, 0.5) is 0 Å². The van der Waals surface area contributed by atoms with E-state index in [-0.39, 0.29) is 17.5 Å². The lowest BCUT2D eigenvalue weighted by Gasteiger charge is -2.12. The SMILES string of the molecule is CCCCCCC(=O)CC(CCCCC)C(C)=O. The van der Waals surface area contributed by atoms with Crippen molar-refractivity contribution in [3.63, 3.8) is 0 Å². The van der Waals surface area contributed by atoms with Gasteiger partial charge in [0.15, 0.2) is 0 Å². The molecule has 0 rings (SSSR count). The third-order valence-electron chi connectivity index (χ3n) is 3.51. The normalized spacial score (nSPS) is 12.4. The summed E-state index contributed by atoms with van der Waals surface area (Å²) in [5.74, 6) is 0.450. The van der Waals surface area contributed by atoms with Crippen molar-refractivity contribution in [3.8, 4) is 0 Å². The molecule has 0 spiro atoms. The molecule has 0 bridgehead atoms. The van der Waals surface area contributed by atoms with E-state index in [9.17, 15) is 9.59 Å². The highest BCUT2D eigenvalue weighted by Gasteiger charge is 2.17. The van der Waals surface area contributed by atoms with E-state index in [1.54, 1.807) is 6.92 Å². The van der Waals surface area contributed by atoms with Crippen LogP contribution in [0, 0.1) is 5.92 Å². The van der Waals surface area contributed by atoms with Crippen molar-refractivity contribution >= 4 is 11.6 Å². The Morgan fingerprint density at radius 1 is 0.889 bits per heavy atom. The van der Waals surface area contributed by atoms with Gasteiger partial charge >= 0.3 is 0 Å². The molecule has 0 saturated carbocycles. The van der Waals surface area contributed by atoms with Gasteiger partial charge in [-0.3, -0.25) is 9.59 Å². The lowest BCUT2D eigenvalue weighted by Crippen LogP contribution is -2.16. The third-order valence-corrected chi connectivity index (χ3v) is 3.51. The van der Waals surface area contributed by atoms with Crippen molar-refractivity contribution in [2.24, 2.45) is 5.92 Å². The second-order valence-corrected chi connectivity index (χ2v) is 5.36. The number of hydrogen-bond acceptors (Lipinski definition) is 2. The average Bonchev–Trinajstić information content (AvgIpc) is 2.33. The molecule has 0 aromatic carbocycles. The minimum Gasteiger partial charge on any atom is -0.300 e. The first-order valence-corrected chi connectivity index (χ1v) is 7.63. The topological polar surface area (TPSA) is 34.1 Å². The summed E-state index contributed by atoms with van der Waals surface area (Å²) in [7, 11) is 0. The van der Waals surface area contributed by atoms with Crippen LogP contribution in [-0.4, -0.2) is 11.6 Å². The zero-order valence-corrected chi connectivity index (χ0v) is 12.5. The molecule has 0 N–H and O–H groups in total. The molecule has 0 heterocycles. The summed E-state index contributed by atoms with van der Waals surface area (Å²) in [6.07, 6.45) is 9.97. The highest BCUT2D eigenvalue weighted by molar-refractivity contribution is 5.86. The summed E-state index contributed by atoms with van der Waals surface area (Å²) in [4.78, 5) is 23.3. The van der Waals surface area contributed by atoms with Gasteiger partial charge in [-0.05, 0) is 19.8 Å². The Labute approximate surface area is 113 Å². The second kappa shape index (κ2) is 11.4. The molecule has 106 valence electrons. The number of carbonyl (C=O) groups excluding carboxylic acids is 2. The summed E-state index contributed by atoms with van der Waals surface area (Å²) in [5, 5.41) is 0. The highest BCUT2D eigenvalue weighted by atomic mass is 16.1. The lowest BCUT2D eigenvalue weighted by molar-refractivity contribution is -0.127. The van der Waals surface area contributed by atoms with Crippen molar-refractivity contribution in [1.82, 2.24) is 0 Å². The van der Waals surface area contributed by atoms with Crippen LogP contribution in [0.5, 0.6) is 0 Å². The Morgan fingerprint density at radius 2 is 1.50 bits per heavy atom. The summed E-state index contributed by atoms with van der Waals surface area (Å²) in [6.45, 7) is 5.95. The molecule has 0 saturated heterocycles. The van der Waals surface area contributed by atoms with Crippen molar-refractivity contribution in [2.75, 3.05) is 0 Å². The first-order valence-electron chi connectivity index (χ1n) is 7.63. The van der Waals surface area contributed by atoms with Gasteiger partial charge < -0.3 is 0 Å². The first kappa shape index (κ1) is 17.3. The molecule has 0 aliphatic carbocycles. The van der Waals surface area contributed by atoms with E-state index >= 15 is 0 Å². The molecule has 0 aliphatic heterocycles. The van der Waals surface area contributed by atoms with E-state index < -0.39 is 0 Å². The van der Waals surface area contributed by atoms with Gasteiger partial charge in [0.05, 0.1) is 0 Å². The average molecular weight is 254 g/mol. The predicted molar refractivity (Wildman–Crippen MR) is 76.7 cm³/mol. The Bertz CT molecular complexity index is 233. The van der Waals surface area contributed by atoms with Crippen LogP contribution < -0.4 is 0 Å². The zero-order chi connectivity index (χ0) is 13.8. The van der Waals surface area contributed by atoms with E-state index in [2.05, 4.69) is 13.8 Å². The molecule has 0 aromatic rings. The van der Waals surface area contributed by atoms with Crippen LogP contribution in [0.1, 0.15) is 85.0 Å². The standard InChI is InChI=1S/C16H30O2/c1-4-6-8-10-12-16(18)13-15(14(3)17)11-9-7-5-2/h15H,4-13H2,1-3H3. The maximum atomic E-state index is 11.8. The van der Waals surface area contributed by atoms with Crippen LogP contribution >= 0.6 is 0 Å². The molecule has 1 atom stereocenters. The molecular formula is C16H30O2. The fraction of sp³-hybridized carbons (Fsp3) is 0.875. The van der Waals surface area contributed by atoms with Gasteiger partial charge in [-0.15, -0.1) is 0 Å². The van der Waals surface area contributed by atoms with Crippen LogP contribution in [0.25, 0.3) is 0 Å². The van der Waals surface area contributed by atoms with Gasteiger partial charge in [0, 0.05) is 18.8 Å². The Morgan fingerprint density at radius 3 is 2.06 bits per heavy atom. The number of Topliss-reactive ketones (excluding diaryl/α,β-unsaturated/α-hetero) is 2. The largest absolute Gasteiger partial charge is 0.300 e. The fourth-order valence-corrected chi connectivity index (χ4v) is 2.22. The number of carbonyl (C=O) groups is 2. The summed E-state index contributed by atoms with van der Waals surface area (Å²) in [5.41, 5.74) is 0. The van der Waals surface area contributed by atoms with Crippen LogP contribution in [-0.2, 0) is 9.59 Å². The molecule has 0 radical (unpaired) electrons. The smallest absolute Gasteiger partial charge is 0.133 e. The molecule has 18 heavy (non-hydrogen) atoms. The molecular weight excluding hydrogens is 224 g/mol.